The van der Waals surface area contributed by atoms with Gasteiger partial charge < -0.3 is 15.5 Å². The van der Waals surface area contributed by atoms with Gasteiger partial charge in [-0.15, -0.1) is 12.4 Å². The van der Waals surface area contributed by atoms with E-state index in [1.54, 1.807) is 17.0 Å². The lowest BCUT2D eigenvalue weighted by Gasteiger charge is -2.39. The summed E-state index contributed by atoms with van der Waals surface area (Å²) >= 11 is 0. The summed E-state index contributed by atoms with van der Waals surface area (Å²) in [6.45, 7) is 2.83. The molecule has 5 nitrogen and oxygen atoms in total. The van der Waals surface area contributed by atoms with E-state index >= 15 is 0 Å². The van der Waals surface area contributed by atoms with Crippen LogP contribution in [0.2, 0.25) is 0 Å². The molecule has 2 N–H and O–H groups in total. The van der Waals surface area contributed by atoms with Crippen molar-refractivity contribution in [3.8, 4) is 0 Å². The van der Waals surface area contributed by atoms with Gasteiger partial charge in [0.05, 0.1) is 11.0 Å². The number of piperidine rings is 1. The quantitative estimate of drug-likeness (QED) is 0.806. The van der Waals surface area contributed by atoms with Gasteiger partial charge in [0, 0.05) is 25.7 Å². The first-order valence-electron chi connectivity index (χ1n) is 10.2. The number of rotatable bonds is 3. The number of fused-ring (bicyclic) bond motifs is 1. The first-order chi connectivity index (χ1) is 13.1. The molecule has 1 saturated carbocycles. The Morgan fingerprint density at radius 2 is 1.89 bits per heavy atom. The fraction of sp³-hybridized carbons (Fsp3) is 0.619. The summed E-state index contributed by atoms with van der Waals surface area (Å²) in [7, 11) is 0. The smallest absolute Gasteiger partial charge is 0.256 e. The van der Waals surface area contributed by atoms with E-state index in [2.05, 4.69) is 10.6 Å². The van der Waals surface area contributed by atoms with Crippen molar-refractivity contribution in [2.45, 2.75) is 44.6 Å². The van der Waals surface area contributed by atoms with E-state index in [0.717, 1.165) is 45.2 Å². The lowest BCUT2D eigenvalue weighted by molar-refractivity contribution is -0.135. The van der Waals surface area contributed by atoms with E-state index in [9.17, 15) is 14.0 Å². The van der Waals surface area contributed by atoms with Gasteiger partial charge in [-0.3, -0.25) is 9.59 Å². The second-order valence-electron chi connectivity index (χ2n) is 8.25. The molecule has 2 saturated heterocycles. The first kappa shape index (κ1) is 21.1. The number of likely N-dealkylation sites (tertiary alicyclic amines) is 1. The van der Waals surface area contributed by atoms with Gasteiger partial charge in [-0.2, -0.15) is 0 Å². The molecule has 1 aliphatic carbocycles. The standard InChI is InChI=1S/C21H28FN3O2.ClH/c22-18-7-2-1-6-17(18)19(26)25-11-8-16(9-12-25)24-20(27)21-10-4-3-5-15(21)13-23-14-21;/h1-2,6-7,15-16,23H,3-5,8-14H2,(H,24,27);1H/t15-,21+;/m0./s1. The van der Waals surface area contributed by atoms with E-state index in [1.807, 2.05) is 0 Å². The number of hydrogen-bond acceptors (Lipinski definition) is 3. The van der Waals surface area contributed by atoms with Gasteiger partial charge in [0.1, 0.15) is 5.82 Å². The maximum absolute atomic E-state index is 13.9. The second kappa shape index (κ2) is 8.78. The highest BCUT2D eigenvalue weighted by Crippen LogP contribution is 2.44. The summed E-state index contributed by atoms with van der Waals surface area (Å²) in [6, 6.07) is 6.21. The van der Waals surface area contributed by atoms with Crippen molar-refractivity contribution in [2.75, 3.05) is 26.2 Å². The van der Waals surface area contributed by atoms with Crippen molar-refractivity contribution in [3.05, 3.63) is 35.6 Å². The molecule has 2 atom stereocenters. The normalized spacial score (nSPS) is 27.6. The lowest BCUT2D eigenvalue weighted by atomic mass is 9.67. The van der Waals surface area contributed by atoms with Crippen molar-refractivity contribution < 1.29 is 14.0 Å². The molecule has 7 heteroatoms. The largest absolute Gasteiger partial charge is 0.353 e. The van der Waals surface area contributed by atoms with Crippen LogP contribution in [-0.4, -0.2) is 48.9 Å². The molecule has 0 bridgehead atoms. The van der Waals surface area contributed by atoms with Gasteiger partial charge in [-0.05, 0) is 50.3 Å². The Kier molecular flexibility index (Phi) is 6.61. The molecule has 2 aliphatic heterocycles. The molecule has 0 spiro atoms. The van der Waals surface area contributed by atoms with E-state index in [4.69, 9.17) is 0 Å². The summed E-state index contributed by atoms with van der Waals surface area (Å²) < 4.78 is 13.9. The molecule has 4 rings (SSSR count). The summed E-state index contributed by atoms with van der Waals surface area (Å²) in [5, 5.41) is 6.69. The van der Waals surface area contributed by atoms with Crippen molar-refractivity contribution in [2.24, 2.45) is 11.3 Å². The van der Waals surface area contributed by atoms with Gasteiger partial charge in [0.25, 0.3) is 5.91 Å². The van der Waals surface area contributed by atoms with Crippen LogP contribution in [0.3, 0.4) is 0 Å². The van der Waals surface area contributed by atoms with E-state index < -0.39 is 5.82 Å². The zero-order valence-electron chi connectivity index (χ0n) is 16.1. The third-order valence-corrected chi connectivity index (χ3v) is 6.71. The first-order valence-corrected chi connectivity index (χ1v) is 10.2. The molecule has 1 aromatic carbocycles. The fourth-order valence-electron chi connectivity index (χ4n) is 5.05. The van der Waals surface area contributed by atoms with Crippen LogP contribution >= 0.6 is 12.4 Å². The highest BCUT2D eigenvalue weighted by molar-refractivity contribution is 5.94. The Morgan fingerprint density at radius 3 is 2.64 bits per heavy atom. The zero-order valence-corrected chi connectivity index (χ0v) is 16.9. The molecule has 0 aromatic heterocycles. The van der Waals surface area contributed by atoms with E-state index in [0.29, 0.717) is 19.0 Å². The average molecular weight is 410 g/mol. The molecule has 0 unspecified atom stereocenters. The Balaban J connectivity index is 0.00000225. The number of nitrogens with one attached hydrogen (secondary N) is 2. The molecule has 3 aliphatic rings. The average Bonchev–Trinajstić information content (AvgIpc) is 3.14. The van der Waals surface area contributed by atoms with Crippen molar-refractivity contribution in [1.82, 2.24) is 15.5 Å². The molecule has 2 amide bonds. The van der Waals surface area contributed by atoms with Crippen LogP contribution in [0.5, 0.6) is 0 Å². The Labute approximate surface area is 171 Å². The van der Waals surface area contributed by atoms with Gasteiger partial charge in [0.2, 0.25) is 5.91 Å². The maximum atomic E-state index is 13.9. The molecule has 0 radical (unpaired) electrons. The number of hydrogen-bond donors (Lipinski definition) is 2. The van der Waals surface area contributed by atoms with Crippen LogP contribution < -0.4 is 10.6 Å². The van der Waals surface area contributed by atoms with Gasteiger partial charge in [-0.25, -0.2) is 4.39 Å². The van der Waals surface area contributed by atoms with Crippen LogP contribution in [0.15, 0.2) is 24.3 Å². The SMILES string of the molecule is Cl.O=C(c1ccccc1F)N1CCC(NC(=O)[C@@]23CCCC[C@H]2CNC3)CC1. The van der Waals surface area contributed by atoms with E-state index in [-0.39, 0.29) is 41.2 Å². The van der Waals surface area contributed by atoms with Gasteiger partial charge in [0.15, 0.2) is 0 Å². The second-order valence-corrected chi connectivity index (χ2v) is 8.25. The van der Waals surface area contributed by atoms with Crippen molar-refractivity contribution >= 4 is 24.2 Å². The molecule has 154 valence electrons. The Bertz CT molecular complexity index is 723. The van der Waals surface area contributed by atoms with Crippen LogP contribution in [0.4, 0.5) is 4.39 Å². The molecule has 28 heavy (non-hydrogen) atoms. The minimum Gasteiger partial charge on any atom is -0.353 e. The lowest BCUT2D eigenvalue weighted by Crippen LogP contribution is -2.53. The van der Waals surface area contributed by atoms with E-state index in [1.165, 1.54) is 18.6 Å². The summed E-state index contributed by atoms with van der Waals surface area (Å²) in [5.74, 6) is -0.0945. The van der Waals surface area contributed by atoms with Crippen LogP contribution in [0, 0.1) is 17.2 Å². The zero-order chi connectivity index (χ0) is 18.9. The highest BCUT2D eigenvalue weighted by Gasteiger charge is 2.50. The molecule has 1 aromatic rings. The number of carbonyl (C=O) groups excluding carboxylic acids is 2. The summed E-state index contributed by atoms with van der Waals surface area (Å²) in [4.78, 5) is 27.3. The number of amides is 2. The Morgan fingerprint density at radius 1 is 1.14 bits per heavy atom. The van der Waals surface area contributed by atoms with Gasteiger partial charge >= 0.3 is 0 Å². The summed E-state index contributed by atoms with van der Waals surface area (Å²) in [5.41, 5.74) is -0.112. The highest BCUT2D eigenvalue weighted by atomic mass is 35.5. The predicted octanol–water partition coefficient (Wildman–Crippen LogP) is 2.75. The molecule has 2 heterocycles. The number of nitrogens with zero attached hydrogens (tertiary/aromatic N) is 1. The topological polar surface area (TPSA) is 61.4 Å². The minimum atomic E-state index is -0.478. The third-order valence-electron chi connectivity index (χ3n) is 6.71. The fourth-order valence-corrected chi connectivity index (χ4v) is 5.05. The van der Waals surface area contributed by atoms with Crippen LogP contribution in [0.1, 0.15) is 48.9 Å². The summed E-state index contributed by atoms with van der Waals surface area (Å²) in [6.07, 6.45) is 5.90. The number of carbonyl (C=O) groups is 2. The predicted molar refractivity (Wildman–Crippen MR) is 108 cm³/mol. The van der Waals surface area contributed by atoms with Gasteiger partial charge in [-0.1, -0.05) is 25.0 Å². The molecular weight excluding hydrogens is 381 g/mol. The Hall–Kier alpha value is -1.66. The maximum Gasteiger partial charge on any atom is 0.256 e. The van der Waals surface area contributed by atoms with Crippen LogP contribution in [-0.2, 0) is 4.79 Å². The number of benzene rings is 1. The monoisotopic (exact) mass is 409 g/mol. The number of halogens is 2. The van der Waals surface area contributed by atoms with Crippen LogP contribution in [0.25, 0.3) is 0 Å². The van der Waals surface area contributed by atoms with Crippen molar-refractivity contribution in [1.29, 1.82) is 0 Å². The molecular formula is C21H29ClFN3O2. The minimum absolute atomic E-state index is 0. The van der Waals surface area contributed by atoms with Crippen molar-refractivity contribution in [3.63, 3.8) is 0 Å². The molecule has 3 fully saturated rings. The third kappa shape index (κ3) is 3.90.